The number of rotatable bonds is 6. The molecular weight excluding hydrogens is 318 g/mol. The third-order valence-electron chi connectivity index (χ3n) is 4.08. The molecule has 0 aliphatic carbocycles. The fourth-order valence-electron chi connectivity index (χ4n) is 2.85. The number of anilines is 1. The second kappa shape index (κ2) is 7.29. The first kappa shape index (κ1) is 16.9. The number of benzene rings is 1. The van der Waals surface area contributed by atoms with Crippen molar-refractivity contribution in [2.45, 2.75) is 38.9 Å². The molecule has 2 atom stereocenters. The van der Waals surface area contributed by atoms with Crippen molar-refractivity contribution in [3.05, 3.63) is 49.1 Å². The van der Waals surface area contributed by atoms with Crippen LogP contribution in [0.15, 0.2) is 54.2 Å². The van der Waals surface area contributed by atoms with Crippen molar-refractivity contribution in [1.29, 1.82) is 0 Å². The highest BCUT2D eigenvalue weighted by atomic mass is 16.2. The lowest BCUT2D eigenvalue weighted by Crippen LogP contribution is -2.40. The fourth-order valence-corrected chi connectivity index (χ4v) is 2.85. The Morgan fingerprint density at radius 3 is 2.72 bits per heavy atom. The summed E-state index contributed by atoms with van der Waals surface area (Å²) in [6.45, 7) is 4.07. The van der Waals surface area contributed by atoms with Gasteiger partial charge in [-0.15, -0.1) is 0 Å². The molecule has 0 unspecified atom stereocenters. The van der Waals surface area contributed by atoms with Crippen LogP contribution in [0.25, 0.3) is 0 Å². The Kier molecular flexibility index (Phi) is 4.92. The van der Waals surface area contributed by atoms with E-state index in [2.05, 4.69) is 15.4 Å². The molecule has 1 aromatic heterocycles. The number of nitrogens with zero attached hydrogens (tertiary/aromatic N) is 4. The van der Waals surface area contributed by atoms with Gasteiger partial charge in [-0.05, 0) is 26.0 Å². The van der Waals surface area contributed by atoms with Gasteiger partial charge >= 0.3 is 0 Å². The van der Waals surface area contributed by atoms with Gasteiger partial charge < -0.3 is 9.88 Å². The first-order valence-electron chi connectivity index (χ1n) is 8.23. The minimum atomic E-state index is -0.438. The van der Waals surface area contributed by atoms with Crippen LogP contribution in [0.2, 0.25) is 0 Å². The van der Waals surface area contributed by atoms with E-state index in [1.165, 1.54) is 6.92 Å². The number of carbonyl (C=O) groups excluding carboxylic acids is 2. The summed E-state index contributed by atoms with van der Waals surface area (Å²) in [5.74, 6) is -0.251. The molecule has 0 saturated heterocycles. The number of imidazole rings is 1. The Balaban J connectivity index is 1.70. The summed E-state index contributed by atoms with van der Waals surface area (Å²) >= 11 is 0. The van der Waals surface area contributed by atoms with E-state index >= 15 is 0 Å². The standard InChI is InChI=1S/C18H21N5O2/c1-13(11-22-9-8-19-12-22)20-18(25)16-10-17(14(2)24)23(21-16)15-6-4-3-5-7-15/h3-9,12-13,17H,10-11H2,1-2H3,(H,20,25)/t13-,17-/m0/s1. The number of hydrazone groups is 1. The average molecular weight is 339 g/mol. The maximum Gasteiger partial charge on any atom is 0.267 e. The van der Waals surface area contributed by atoms with E-state index in [0.29, 0.717) is 18.7 Å². The molecule has 25 heavy (non-hydrogen) atoms. The summed E-state index contributed by atoms with van der Waals surface area (Å²) in [5, 5.41) is 8.98. The van der Waals surface area contributed by atoms with Crippen molar-refractivity contribution in [3.8, 4) is 0 Å². The molecule has 0 bridgehead atoms. The Hall–Kier alpha value is -2.96. The lowest BCUT2D eigenvalue weighted by atomic mass is 10.1. The summed E-state index contributed by atoms with van der Waals surface area (Å²) in [6.07, 6.45) is 5.57. The van der Waals surface area contributed by atoms with Gasteiger partial charge in [0.15, 0.2) is 5.78 Å². The molecule has 2 aromatic rings. The molecule has 0 radical (unpaired) electrons. The molecule has 7 nitrogen and oxygen atoms in total. The Morgan fingerprint density at radius 1 is 1.32 bits per heavy atom. The molecule has 0 fully saturated rings. The number of carbonyl (C=O) groups is 2. The van der Waals surface area contributed by atoms with E-state index in [-0.39, 0.29) is 17.7 Å². The zero-order chi connectivity index (χ0) is 17.8. The van der Waals surface area contributed by atoms with Gasteiger partial charge in [-0.3, -0.25) is 14.6 Å². The van der Waals surface area contributed by atoms with E-state index in [1.807, 2.05) is 48.0 Å². The summed E-state index contributed by atoms with van der Waals surface area (Å²) in [5.41, 5.74) is 1.18. The largest absolute Gasteiger partial charge is 0.347 e. The van der Waals surface area contributed by atoms with Gasteiger partial charge in [0.25, 0.3) is 5.91 Å². The van der Waals surface area contributed by atoms with E-state index < -0.39 is 6.04 Å². The first-order chi connectivity index (χ1) is 12.0. The molecule has 3 rings (SSSR count). The highest BCUT2D eigenvalue weighted by molar-refractivity contribution is 6.40. The van der Waals surface area contributed by atoms with Gasteiger partial charge in [-0.1, -0.05) is 18.2 Å². The predicted octanol–water partition coefficient (Wildman–Crippen LogP) is 1.61. The second-order valence-electron chi connectivity index (χ2n) is 6.19. The third kappa shape index (κ3) is 3.93. The van der Waals surface area contributed by atoms with E-state index in [1.54, 1.807) is 17.5 Å². The number of para-hydroxylation sites is 1. The van der Waals surface area contributed by atoms with Crippen LogP contribution < -0.4 is 10.3 Å². The van der Waals surface area contributed by atoms with Gasteiger partial charge in [0, 0.05) is 31.4 Å². The number of nitrogens with one attached hydrogen (secondary N) is 1. The van der Waals surface area contributed by atoms with Crippen molar-refractivity contribution in [2.75, 3.05) is 5.01 Å². The average Bonchev–Trinajstić information content (AvgIpc) is 3.24. The summed E-state index contributed by atoms with van der Waals surface area (Å²) < 4.78 is 1.90. The van der Waals surface area contributed by atoms with Crippen molar-refractivity contribution >= 4 is 23.1 Å². The lowest BCUT2D eigenvalue weighted by Gasteiger charge is -2.20. The van der Waals surface area contributed by atoms with Gasteiger partial charge in [-0.25, -0.2) is 4.98 Å². The van der Waals surface area contributed by atoms with Crippen molar-refractivity contribution in [2.24, 2.45) is 5.10 Å². The fraction of sp³-hybridized carbons (Fsp3) is 0.333. The van der Waals surface area contributed by atoms with Gasteiger partial charge in [0.2, 0.25) is 0 Å². The molecule has 0 spiro atoms. The summed E-state index contributed by atoms with van der Waals surface area (Å²) in [6, 6.07) is 8.90. The van der Waals surface area contributed by atoms with Gasteiger partial charge in [0.1, 0.15) is 11.8 Å². The molecule has 1 aromatic carbocycles. The maximum absolute atomic E-state index is 12.5. The van der Waals surface area contributed by atoms with Crippen LogP contribution in [0.1, 0.15) is 20.3 Å². The van der Waals surface area contributed by atoms with Gasteiger partial charge in [-0.2, -0.15) is 5.10 Å². The van der Waals surface area contributed by atoms with Crippen molar-refractivity contribution in [3.63, 3.8) is 0 Å². The minimum Gasteiger partial charge on any atom is -0.347 e. The number of ketones is 1. The smallest absolute Gasteiger partial charge is 0.267 e. The van der Waals surface area contributed by atoms with Crippen molar-refractivity contribution < 1.29 is 9.59 Å². The first-order valence-corrected chi connectivity index (χ1v) is 8.23. The van der Waals surface area contributed by atoms with E-state index in [4.69, 9.17) is 0 Å². The summed E-state index contributed by atoms with van der Waals surface area (Å²) in [4.78, 5) is 28.5. The molecule has 2 heterocycles. The third-order valence-corrected chi connectivity index (χ3v) is 4.08. The van der Waals surface area contributed by atoms with Crippen LogP contribution in [-0.2, 0) is 16.1 Å². The second-order valence-corrected chi connectivity index (χ2v) is 6.19. The molecule has 7 heteroatoms. The molecule has 130 valence electrons. The monoisotopic (exact) mass is 339 g/mol. The lowest BCUT2D eigenvalue weighted by molar-refractivity contribution is -0.118. The Morgan fingerprint density at radius 2 is 2.08 bits per heavy atom. The molecular formula is C18H21N5O2. The quantitative estimate of drug-likeness (QED) is 0.867. The van der Waals surface area contributed by atoms with Crippen LogP contribution in [0, 0.1) is 0 Å². The van der Waals surface area contributed by atoms with Crippen molar-refractivity contribution in [1.82, 2.24) is 14.9 Å². The van der Waals surface area contributed by atoms with Crippen LogP contribution in [0.5, 0.6) is 0 Å². The molecule has 0 saturated carbocycles. The molecule has 1 aliphatic rings. The molecule has 1 N–H and O–H groups in total. The molecule has 1 aliphatic heterocycles. The highest BCUT2D eigenvalue weighted by Gasteiger charge is 2.34. The van der Waals surface area contributed by atoms with Crippen LogP contribution in [0.3, 0.4) is 0 Å². The maximum atomic E-state index is 12.5. The van der Waals surface area contributed by atoms with E-state index in [0.717, 1.165) is 5.69 Å². The molecule has 1 amide bonds. The number of Topliss-reactive ketones (excluding diaryl/α,β-unsaturated/α-hetero) is 1. The number of hydrogen-bond donors (Lipinski definition) is 1. The van der Waals surface area contributed by atoms with Gasteiger partial charge in [0.05, 0.1) is 12.0 Å². The number of amides is 1. The minimum absolute atomic E-state index is 0.0122. The van der Waals surface area contributed by atoms with Crippen LogP contribution >= 0.6 is 0 Å². The highest BCUT2D eigenvalue weighted by Crippen LogP contribution is 2.25. The van der Waals surface area contributed by atoms with Crippen LogP contribution in [0.4, 0.5) is 5.69 Å². The summed E-state index contributed by atoms with van der Waals surface area (Å²) in [7, 11) is 0. The van der Waals surface area contributed by atoms with Crippen LogP contribution in [-0.4, -0.2) is 39.0 Å². The Labute approximate surface area is 146 Å². The zero-order valence-electron chi connectivity index (χ0n) is 14.3. The normalized spacial score (nSPS) is 17.9. The topological polar surface area (TPSA) is 79.6 Å². The Bertz CT molecular complexity index is 770. The zero-order valence-corrected chi connectivity index (χ0v) is 14.3. The van der Waals surface area contributed by atoms with E-state index in [9.17, 15) is 9.59 Å². The SMILES string of the molecule is CC(=O)[C@@H]1CC(C(=O)N[C@@H](C)Cn2ccnc2)=NN1c1ccccc1. The number of hydrogen-bond acceptors (Lipinski definition) is 5. The number of aromatic nitrogens is 2. The predicted molar refractivity (Wildman–Crippen MR) is 95.3 cm³/mol.